The summed E-state index contributed by atoms with van der Waals surface area (Å²) in [4.78, 5) is 48.2. The lowest BCUT2D eigenvalue weighted by Crippen LogP contribution is -2.39. The molecule has 1 saturated heterocycles. The number of nitrogens with two attached hydrogens (primary N) is 1. The standard InChI is InChI=1S/C17H16Cl2N2O3.C7H9NO3S/c1-21(16(22)15-12(18)3-2-4-13(15)19)11-7-5-10(6-8-11)9-14(20)17(23)24;1-4(9)8-3-5(12)2-6(8)7(10)11/h2-8,14H,9,20H2,1H3,(H,23,24);6H,2-3H2,1H3,(H,10,11)/t14-;6-/m00/s1. The number of carbonyl (C=O) groups excluding carboxylic acids is 2. The second kappa shape index (κ2) is 12.8. The lowest BCUT2D eigenvalue weighted by atomic mass is 10.1. The third-order valence-electron chi connectivity index (χ3n) is 5.41. The van der Waals surface area contributed by atoms with Crippen LogP contribution in [0.2, 0.25) is 10.0 Å². The highest BCUT2D eigenvalue weighted by atomic mass is 35.5. The molecule has 1 aliphatic heterocycles. The van der Waals surface area contributed by atoms with Crippen molar-refractivity contribution in [3.05, 3.63) is 63.6 Å². The maximum atomic E-state index is 12.6. The zero-order valence-electron chi connectivity index (χ0n) is 19.5. The van der Waals surface area contributed by atoms with Gasteiger partial charge in [0.1, 0.15) is 12.1 Å². The molecule has 2 atom stereocenters. The van der Waals surface area contributed by atoms with Gasteiger partial charge in [0.25, 0.3) is 5.91 Å². The molecule has 2 amide bonds. The number of thiocarbonyl (C=S) groups is 1. The number of nitrogens with zero attached hydrogens (tertiary/aromatic N) is 2. The predicted octanol–water partition coefficient (Wildman–Crippen LogP) is 3.29. The van der Waals surface area contributed by atoms with Crippen LogP contribution < -0.4 is 10.6 Å². The van der Waals surface area contributed by atoms with Gasteiger partial charge < -0.3 is 25.7 Å². The third-order valence-corrected chi connectivity index (χ3v) is 6.34. The molecular weight excluding hydrogens is 529 g/mol. The Morgan fingerprint density at radius 2 is 1.67 bits per heavy atom. The zero-order valence-corrected chi connectivity index (χ0v) is 21.8. The minimum Gasteiger partial charge on any atom is -0.480 e. The maximum absolute atomic E-state index is 12.6. The minimum absolute atomic E-state index is 0.212. The molecule has 0 radical (unpaired) electrons. The van der Waals surface area contributed by atoms with Gasteiger partial charge in [0.2, 0.25) is 5.91 Å². The van der Waals surface area contributed by atoms with Crippen LogP contribution in [0.25, 0.3) is 0 Å². The molecule has 0 unspecified atom stereocenters. The normalized spacial score (nSPS) is 15.5. The fraction of sp³-hybridized carbons (Fsp3) is 0.292. The van der Waals surface area contributed by atoms with Crippen LogP contribution in [0.15, 0.2) is 42.5 Å². The van der Waals surface area contributed by atoms with E-state index in [0.717, 1.165) is 5.56 Å². The van der Waals surface area contributed by atoms with E-state index in [2.05, 4.69) is 0 Å². The third kappa shape index (κ3) is 7.47. The second-order valence-corrected chi connectivity index (χ2v) is 9.41. The summed E-state index contributed by atoms with van der Waals surface area (Å²) in [6.45, 7) is 1.66. The van der Waals surface area contributed by atoms with Crippen molar-refractivity contribution in [3.8, 4) is 0 Å². The fourth-order valence-electron chi connectivity index (χ4n) is 3.43. The van der Waals surface area contributed by atoms with Crippen LogP contribution in [0, 0.1) is 0 Å². The topological polar surface area (TPSA) is 141 Å². The van der Waals surface area contributed by atoms with Gasteiger partial charge in [0, 0.05) is 30.9 Å². The van der Waals surface area contributed by atoms with E-state index in [0.29, 0.717) is 23.5 Å². The first-order valence-electron chi connectivity index (χ1n) is 10.6. The Balaban J connectivity index is 0.000000319. The molecule has 4 N–H and O–H groups in total. The molecule has 0 aliphatic carbocycles. The first kappa shape index (κ1) is 29.2. The average Bonchev–Trinajstić information content (AvgIpc) is 3.22. The molecule has 0 bridgehead atoms. The quantitative estimate of drug-likeness (QED) is 0.462. The largest absolute Gasteiger partial charge is 0.480 e. The Morgan fingerprint density at radius 1 is 1.11 bits per heavy atom. The molecule has 0 aromatic heterocycles. The number of hydrogen-bond donors (Lipinski definition) is 3. The van der Waals surface area contributed by atoms with Crippen molar-refractivity contribution in [3.63, 3.8) is 0 Å². The number of rotatable bonds is 6. The number of halogens is 2. The Bertz CT molecular complexity index is 1130. The minimum atomic E-state index is -1.06. The van der Waals surface area contributed by atoms with Crippen molar-refractivity contribution in [1.29, 1.82) is 0 Å². The summed E-state index contributed by atoms with van der Waals surface area (Å²) < 4.78 is 0. The smallest absolute Gasteiger partial charge is 0.326 e. The van der Waals surface area contributed by atoms with Crippen LogP contribution in [0.5, 0.6) is 0 Å². The summed E-state index contributed by atoms with van der Waals surface area (Å²) in [5, 5.41) is 18.1. The molecule has 1 fully saturated rings. The number of amides is 2. The first-order chi connectivity index (χ1) is 16.8. The average molecular weight is 554 g/mol. The van der Waals surface area contributed by atoms with Crippen molar-refractivity contribution in [2.24, 2.45) is 5.73 Å². The van der Waals surface area contributed by atoms with Gasteiger partial charge in [-0.05, 0) is 36.2 Å². The highest BCUT2D eigenvalue weighted by Crippen LogP contribution is 2.27. The van der Waals surface area contributed by atoms with Gasteiger partial charge in [-0.15, -0.1) is 0 Å². The highest BCUT2D eigenvalue weighted by Gasteiger charge is 2.35. The molecule has 0 saturated carbocycles. The summed E-state index contributed by atoms with van der Waals surface area (Å²) >= 11 is 17.0. The van der Waals surface area contributed by atoms with E-state index < -0.39 is 24.0 Å². The Morgan fingerprint density at radius 3 is 2.11 bits per heavy atom. The number of carboxylic acid groups (broad SMARTS) is 2. The van der Waals surface area contributed by atoms with E-state index in [1.54, 1.807) is 49.5 Å². The molecule has 2 aromatic carbocycles. The number of carboxylic acids is 2. The molecule has 1 heterocycles. The molecule has 1 aliphatic rings. The summed E-state index contributed by atoms with van der Waals surface area (Å²) in [6, 6.07) is 10.1. The fourth-order valence-corrected chi connectivity index (χ4v) is 4.28. The zero-order chi connectivity index (χ0) is 27.2. The van der Waals surface area contributed by atoms with Crippen LogP contribution in [0.4, 0.5) is 5.69 Å². The molecule has 192 valence electrons. The Kier molecular flexibility index (Phi) is 10.4. The lowest BCUT2D eigenvalue weighted by Gasteiger charge is -2.19. The highest BCUT2D eigenvalue weighted by molar-refractivity contribution is 7.80. The van der Waals surface area contributed by atoms with Crippen molar-refractivity contribution >= 4 is 69.7 Å². The molecule has 36 heavy (non-hydrogen) atoms. The van der Waals surface area contributed by atoms with Gasteiger partial charge in [-0.2, -0.15) is 0 Å². The van der Waals surface area contributed by atoms with Crippen LogP contribution >= 0.6 is 35.4 Å². The molecule has 0 spiro atoms. The van der Waals surface area contributed by atoms with Gasteiger partial charge in [-0.3, -0.25) is 14.4 Å². The molecular formula is C24H25Cl2N3O6S. The van der Waals surface area contributed by atoms with E-state index in [4.69, 9.17) is 51.4 Å². The van der Waals surface area contributed by atoms with E-state index in [1.807, 2.05) is 0 Å². The van der Waals surface area contributed by atoms with Crippen molar-refractivity contribution in [2.45, 2.75) is 31.8 Å². The van der Waals surface area contributed by atoms with Gasteiger partial charge >= 0.3 is 11.9 Å². The van der Waals surface area contributed by atoms with E-state index in [9.17, 15) is 19.2 Å². The number of benzene rings is 2. The Labute approximate surface area is 223 Å². The SMILES string of the molecule is CC(=O)N1CC(=S)C[C@H]1C(=O)O.CN(C(=O)c1c(Cl)cccc1Cl)c1ccc(C[C@H](N)C(=O)O)cc1. The summed E-state index contributed by atoms with van der Waals surface area (Å²) in [6.07, 6.45) is 0.522. The maximum Gasteiger partial charge on any atom is 0.326 e. The second-order valence-electron chi connectivity index (χ2n) is 8.02. The van der Waals surface area contributed by atoms with Crippen LogP contribution in [0.1, 0.15) is 29.3 Å². The number of aliphatic carboxylic acids is 2. The van der Waals surface area contributed by atoms with E-state index >= 15 is 0 Å². The van der Waals surface area contributed by atoms with Crippen molar-refractivity contribution in [2.75, 3.05) is 18.5 Å². The first-order valence-corrected chi connectivity index (χ1v) is 11.8. The number of likely N-dealkylation sites (tertiary alicyclic amines) is 1. The van der Waals surface area contributed by atoms with Crippen LogP contribution in [-0.4, -0.2) is 69.4 Å². The number of carbonyl (C=O) groups is 4. The van der Waals surface area contributed by atoms with Crippen LogP contribution in [0.3, 0.4) is 0 Å². The number of hydrogen-bond acceptors (Lipinski definition) is 6. The monoisotopic (exact) mass is 553 g/mol. The van der Waals surface area contributed by atoms with Gasteiger partial charge in [-0.1, -0.05) is 53.6 Å². The summed E-state index contributed by atoms with van der Waals surface area (Å²) in [5.41, 5.74) is 7.14. The summed E-state index contributed by atoms with van der Waals surface area (Å²) in [5.74, 6) is -2.60. The molecule has 9 nitrogen and oxygen atoms in total. The van der Waals surface area contributed by atoms with Gasteiger partial charge in [0.05, 0.1) is 22.2 Å². The van der Waals surface area contributed by atoms with E-state index in [1.165, 1.54) is 16.7 Å². The molecule has 2 aromatic rings. The van der Waals surface area contributed by atoms with E-state index in [-0.39, 0.29) is 33.8 Å². The molecule has 12 heteroatoms. The summed E-state index contributed by atoms with van der Waals surface area (Å²) in [7, 11) is 1.61. The van der Waals surface area contributed by atoms with Crippen molar-refractivity contribution < 1.29 is 29.4 Å². The number of anilines is 1. The molecule has 3 rings (SSSR count). The Hall–Kier alpha value is -3.05. The van der Waals surface area contributed by atoms with Gasteiger partial charge in [0.15, 0.2) is 0 Å². The lowest BCUT2D eigenvalue weighted by molar-refractivity contribution is -0.147. The van der Waals surface area contributed by atoms with Crippen LogP contribution in [-0.2, 0) is 20.8 Å². The van der Waals surface area contributed by atoms with Crippen molar-refractivity contribution in [1.82, 2.24) is 4.90 Å². The predicted molar refractivity (Wildman–Crippen MR) is 141 cm³/mol. The van der Waals surface area contributed by atoms with Gasteiger partial charge in [-0.25, -0.2) is 4.79 Å².